The Labute approximate surface area is 120 Å². The lowest BCUT2D eigenvalue weighted by atomic mass is 9.85. The molecule has 1 aliphatic rings. The van der Waals surface area contributed by atoms with E-state index >= 15 is 0 Å². The first-order valence-corrected chi connectivity index (χ1v) is 8.56. The number of hydrogen-bond donors (Lipinski definition) is 1. The van der Waals surface area contributed by atoms with Crippen LogP contribution in [-0.4, -0.2) is 29.1 Å². The number of nitrogens with one attached hydrogen (secondary N) is 1. The maximum Gasteiger partial charge on any atom is 0.242 e. The molecule has 0 aliphatic heterocycles. The summed E-state index contributed by atoms with van der Waals surface area (Å²) in [4.78, 5) is 0.195. The first-order valence-electron chi connectivity index (χ1n) is 5.91. The van der Waals surface area contributed by atoms with Gasteiger partial charge in [0.25, 0.3) is 0 Å². The summed E-state index contributed by atoms with van der Waals surface area (Å²) in [7, 11) is -3.53. The largest absolute Gasteiger partial charge is 0.242 e. The summed E-state index contributed by atoms with van der Waals surface area (Å²) in [6, 6.07) is 4.98. The maximum absolute atomic E-state index is 12.3. The number of benzene rings is 1. The van der Waals surface area contributed by atoms with Crippen LogP contribution in [-0.2, 0) is 10.0 Å². The van der Waals surface area contributed by atoms with E-state index in [1.165, 1.54) is 0 Å². The van der Waals surface area contributed by atoms with Crippen LogP contribution in [0.5, 0.6) is 0 Å². The smallest absolute Gasteiger partial charge is 0.211 e. The Morgan fingerprint density at radius 2 is 2.16 bits per heavy atom. The van der Waals surface area contributed by atoms with Gasteiger partial charge < -0.3 is 0 Å². The summed E-state index contributed by atoms with van der Waals surface area (Å²) in [5.74, 6) is 0.338. The van der Waals surface area contributed by atoms with Crippen molar-refractivity contribution in [3.8, 4) is 0 Å². The lowest BCUT2D eigenvalue weighted by Crippen LogP contribution is -2.36. The Morgan fingerprint density at radius 3 is 2.89 bits per heavy atom. The van der Waals surface area contributed by atoms with Crippen molar-refractivity contribution in [2.24, 2.45) is 5.92 Å². The van der Waals surface area contributed by atoms with Crippen LogP contribution in [0.25, 0.3) is 11.0 Å². The summed E-state index contributed by atoms with van der Waals surface area (Å²) in [5, 5.41) is 0.195. The first-order chi connectivity index (χ1) is 9.06. The van der Waals surface area contributed by atoms with Crippen molar-refractivity contribution in [1.82, 2.24) is 13.5 Å². The molecule has 0 bridgehead atoms. The molecule has 0 unspecified atom stereocenters. The van der Waals surface area contributed by atoms with Gasteiger partial charge >= 0.3 is 0 Å². The molecule has 0 radical (unpaired) electrons. The molecule has 0 atom stereocenters. The van der Waals surface area contributed by atoms with Gasteiger partial charge in [-0.15, -0.1) is 11.6 Å². The van der Waals surface area contributed by atoms with Gasteiger partial charge in [-0.05, 0) is 30.9 Å². The second-order valence-electron chi connectivity index (χ2n) is 4.67. The molecule has 8 heteroatoms. The number of alkyl halides is 1. The fourth-order valence-corrected chi connectivity index (χ4v) is 4.51. The van der Waals surface area contributed by atoms with Crippen molar-refractivity contribution in [2.45, 2.75) is 23.1 Å². The molecule has 1 saturated carbocycles. The summed E-state index contributed by atoms with van der Waals surface area (Å²) in [6.45, 7) is 0.430. The van der Waals surface area contributed by atoms with Gasteiger partial charge in [0, 0.05) is 11.9 Å². The van der Waals surface area contributed by atoms with Crippen molar-refractivity contribution in [2.75, 3.05) is 6.54 Å². The third-order valence-corrected chi connectivity index (χ3v) is 5.63. The van der Waals surface area contributed by atoms with Crippen molar-refractivity contribution >= 4 is 44.4 Å². The van der Waals surface area contributed by atoms with Gasteiger partial charge in [0.2, 0.25) is 10.0 Å². The van der Waals surface area contributed by atoms with Crippen LogP contribution in [0, 0.1) is 5.92 Å². The van der Waals surface area contributed by atoms with Crippen molar-refractivity contribution in [3.05, 3.63) is 18.2 Å². The average molecular weight is 318 g/mol. The van der Waals surface area contributed by atoms with Crippen LogP contribution >= 0.6 is 23.3 Å². The molecule has 1 N–H and O–H groups in total. The minimum absolute atomic E-state index is 0.195. The van der Waals surface area contributed by atoms with Crippen LogP contribution in [0.4, 0.5) is 0 Å². The standard InChI is InChI=1S/C11H12ClN3O2S2/c12-8-4-7(5-8)6-13-19(16,17)10-3-1-2-9-11(10)15-18-14-9/h1-3,7-8,13H,4-6H2. The maximum atomic E-state index is 12.3. The van der Waals surface area contributed by atoms with Crippen molar-refractivity contribution in [1.29, 1.82) is 0 Å². The highest BCUT2D eigenvalue weighted by Gasteiger charge is 2.29. The lowest BCUT2D eigenvalue weighted by Gasteiger charge is -2.30. The Balaban J connectivity index is 1.81. The highest BCUT2D eigenvalue weighted by molar-refractivity contribution is 7.89. The molecule has 1 fully saturated rings. The second kappa shape index (κ2) is 4.97. The van der Waals surface area contributed by atoms with Gasteiger partial charge in [0.1, 0.15) is 15.9 Å². The number of halogens is 1. The summed E-state index contributed by atoms with van der Waals surface area (Å²) in [5.41, 5.74) is 1.04. The summed E-state index contributed by atoms with van der Waals surface area (Å²) < 4.78 is 35.3. The zero-order valence-corrected chi connectivity index (χ0v) is 12.3. The molecule has 102 valence electrons. The lowest BCUT2D eigenvalue weighted by molar-refractivity contribution is 0.324. The van der Waals surface area contributed by atoms with E-state index in [1.54, 1.807) is 18.2 Å². The Hall–Kier alpha value is -0.760. The quantitative estimate of drug-likeness (QED) is 0.875. The summed E-state index contributed by atoms with van der Waals surface area (Å²) in [6.07, 6.45) is 1.74. The van der Waals surface area contributed by atoms with Crippen LogP contribution in [0.2, 0.25) is 0 Å². The molecule has 3 rings (SSSR count). The van der Waals surface area contributed by atoms with Gasteiger partial charge in [-0.3, -0.25) is 0 Å². The predicted octanol–water partition coefficient (Wildman–Crippen LogP) is 1.99. The van der Waals surface area contributed by atoms with Crippen LogP contribution in [0.15, 0.2) is 23.1 Å². The van der Waals surface area contributed by atoms with Crippen LogP contribution in [0.1, 0.15) is 12.8 Å². The van der Waals surface area contributed by atoms with Crippen molar-refractivity contribution < 1.29 is 8.42 Å². The Morgan fingerprint density at radius 1 is 1.37 bits per heavy atom. The number of hydrogen-bond acceptors (Lipinski definition) is 5. The third kappa shape index (κ3) is 2.60. The normalized spacial score (nSPS) is 23.4. The van der Waals surface area contributed by atoms with Crippen LogP contribution in [0.3, 0.4) is 0 Å². The molecule has 2 aromatic rings. The molecule has 0 saturated heterocycles. The van der Waals surface area contributed by atoms with E-state index in [0.29, 0.717) is 23.5 Å². The fourth-order valence-electron chi connectivity index (χ4n) is 2.12. The van der Waals surface area contributed by atoms with E-state index in [-0.39, 0.29) is 10.3 Å². The van der Waals surface area contributed by atoms with E-state index < -0.39 is 10.0 Å². The minimum atomic E-state index is -3.53. The molecule has 0 spiro atoms. The monoisotopic (exact) mass is 317 g/mol. The van der Waals surface area contributed by atoms with Gasteiger partial charge in [-0.1, -0.05) is 6.07 Å². The van der Waals surface area contributed by atoms with Gasteiger partial charge in [-0.25, -0.2) is 13.1 Å². The van der Waals surface area contributed by atoms with E-state index in [2.05, 4.69) is 13.5 Å². The molecule has 0 amide bonds. The molecule has 1 aliphatic carbocycles. The highest BCUT2D eigenvalue weighted by Crippen LogP contribution is 2.31. The molecule has 1 aromatic heterocycles. The second-order valence-corrected chi connectivity index (χ2v) is 7.56. The minimum Gasteiger partial charge on any atom is -0.211 e. The van der Waals surface area contributed by atoms with E-state index in [1.807, 2.05) is 0 Å². The molecule has 1 aromatic carbocycles. The summed E-state index contributed by atoms with van der Waals surface area (Å²) >= 11 is 6.89. The van der Waals surface area contributed by atoms with E-state index in [4.69, 9.17) is 11.6 Å². The third-order valence-electron chi connectivity index (χ3n) is 3.28. The molecule has 5 nitrogen and oxygen atoms in total. The van der Waals surface area contributed by atoms with Crippen LogP contribution < -0.4 is 4.72 Å². The zero-order chi connectivity index (χ0) is 13.5. The van der Waals surface area contributed by atoms with E-state index in [0.717, 1.165) is 24.6 Å². The Kier molecular flexibility index (Phi) is 3.46. The van der Waals surface area contributed by atoms with Crippen molar-refractivity contribution in [3.63, 3.8) is 0 Å². The molecular formula is C11H12ClN3O2S2. The molecule has 19 heavy (non-hydrogen) atoms. The number of aromatic nitrogens is 2. The Bertz CT molecular complexity index is 695. The fraction of sp³-hybridized carbons (Fsp3) is 0.455. The average Bonchev–Trinajstić information content (AvgIpc) is 2.81. The molecule has 1 heterocycles. The number of rotatable bonds is 4. The van der Waals surface area contributed by atoms with Gasteiger partial charge in [0.05, 0.1) is 11.7 Å². The van der Waals surface area contributed by atoms with Gasteiger partial charge in [0.15, 0.2) is 0 Å². The topological polar surface area (TPSA) is 72.0 Å². The van der Waals surface area contributed by atoms with Gasteiger partial charge in [-0.2, -0.15) is 8.75 Å². The number of fused-ring (bicyclic) bond motifs is 1. The number of nitrogens with zero attached hydrogens (tertiary/aromatic N) is 2. The predicted molar refractivity (Wildman–Crippen MR) is 75.0 cm³/mol. The highest BCUT2D eigenvalue weighted by atomic mass is 35.5. The SMILES string of the molecule is O=S(=O)(NCC1CC(Cl)C1)c1cccc2nsnc12. The van der Waals surface area contributed by atoms with E-state index in [9.17, 15) is 8.42 Å². The first kappa shape index (κ1) is 13.2. The number of sulfonamides is 1. The molecular weight excluding hydrogens is 306 g/mol. The zero-order valence-electron chi connectivity index (χ0n) is 9.91.